The van der Waals surface area contributed by atoms with Gasteiger partial charge in [0.2, 0.25) is 0 Å². The van der Waals surface area contributed by atoms with Crippen molar-refractivity contribution in [3.05, 3.63) is 45.3 Å². The minimum atomic E-state index is 0.415. The van der Waals surface area contributed by atoms with E-state index in [0.717, 1.165) is 6.54 Å². The highest BCUT2D eigenvalue weighted by atomic mass is 127. The third kappa shape index (κ3) is 3.25. The number of halogens is 1. The molecule has 1 heterocycles. The molecule has 0 aliphatic heterocycles. The number of benzene rings is 1. The van der Waals surface area contributed by atoms with E-state index in [2.05, 4.69) is 78.2 Å². The molecule has 2 aromatic rings. The Hall–Kier alpha value is -1.04. The van der Waals surface area contributed by atoms with E-state index in [-0.39, 0.29) is 0 Å². The average Bonchev–Trinajstić information content (AvgIpc) is 2.79. The molecule has 18 heavy (non-hydrogen) atoms. The van der Waals surface area contributed by atoms with Crippen molar-refractivity contribution in [1.82, 2.24) is 9.78 Å². The summed E-state index contributed by atoms with van der Waals surface area (Å²) in [6, 6.07) is 6.85. The molecule has 0 unspecified atom stereocenters. The van der Waals surface area contributed by atoms with Crippen LogP contribution in [-0.2, 0) is 6.54 Å². The summed E-state index contributed by atoms with van der Waals surface area (Å²) in [5.41, 5.74) is 3.67. The summed E-state index contributed by atoms with van der Waals surface area (Å²) in [7, 11) is 0. The summed E-state index contributed by atoms with van der Waals surface area (Å²) in [5.74, 6) is 0. The van der Waals surface area contributed by atoms with Gasteiger partial charge in [-0.25, -0.2) is 0 Å². The molecule has 0 aliphatic rings. The third-order valence-electron chi connectivity index (χ3n) is 2.87. The number of anilines is 1. The first-order valence-corrected chi connectivity index (χ1v) is 7.17. The van der Waals surface area contributed by atoms with E-state index in [0.29, 0.717) is 6.04 Å². The van der Waals surface area contributed by atoms with Gasteiger partial charge in [0.15, 0.2) is 0 Å². The van der Waals surface area contributed by atoms with Crippen molar-refractivity contribution < 1.29 is 0 Å². The Morgan fingerprint density at radius 3 is 2.83 bits per heavy atom. The van der Waals surface area contributed by atoms with Crippen LogP contribution in [0.4, 0.5) is 5.69 Å². The summed E-state index contributed by atoms with van der Waals surface area (Å²) in [4.78, 5) is 0. The molecule has 96 valence electrons. The average molecular weight is 355 g/mol. The molecule has 0 bridgehead atoms. The largest absolute Gasteiger partial charge is 0.381 e. The van der Waals surface area contributed by atoms with E-state index < -0.39 is 0 Å². The van der Waals surface area contributed by atoms with Crippen LogP contribution in [0.3, 0.4) is 0 Å². The first-order chi connectivity index (χ1) is 8.56. The lowest BCUT2D eigenvalue weighted by molar-refractivity contribution is 0.532. The van der Waals surface area contributed by atoms with Gasteiger partial charge in [-0.3, -0.25) is 4.68 Å². The van der Waals surface area contributed by atoms with Crippen molar-refractivity contribution in [1.29, 1.82) is 0 Å². The molecule has 0 saturated heterocycles. The molecular weight excluding hydrogens is 337 g/mol. The molecule has 0 radical (unpaired) electrons. The molecule has 0 atom stereocenters. The van der Waals surface area contributed by atoms with Crippen LogP contribution in [0.1, 0.15) is 31.0 Å². The fraction of sp³-hybridized carbons (Fsp3) is 0.357. The van der Waals surface area contributed by atoms with Gasteiger partial charge in [0.25, 0.3) is 0 Å². The lowest BCUT2D eigenvalue weighted by Crippen LogP contribution is -2.02. The number of aryl methyl sites for hydroxylation is 1. The maximum absolute atomic E-state index is 4.34. The van der Waals surface area contributed by atoms with Gasteiger partial charge in [0, 0.05) is 33.6 Å². The molecule has 2 rings (SSSR count). The second-order valence-electron chi connectivity index (χ2n) is 4.74. The normalized spacial score (nSPS) is 10.9. The van der Waals surface area contributed by atoms with Crippen LogP contribution < -0.4 is 5.32 Å². The topological polar surface area (TPSA) is 29.9 Å². The Balaban J connectivity index is 2.04. The van der Waals surface area contributed by atoms with Crippen LogP contribution in [0.5, 0.6) is 0 Å². The highest BCUT2D eigenvalue weighted by Crippen LogP contribution is 2.19. The number of aromatic nitrogens is 2. The maximum atomic E-state index is 4.34. The Labute approximate surface area is 122 Å². The molecule has 0 amide bonds. The fourth-order valence-corrected chi connectivity index (χ4v) is 2.22. The van der Waals surface area contributed by atoms with Crippen molar-refractivity contribution in [3.8, 4) is 0 Å². The Morgan fingerprint density at radius 1 is 1.39 bits per heavy atom. The first-order valence-electron chi connectivity index (χ1n) is 6.09. The molecule has 4 heteroatoms. The molecule has 3 nitrogen and oxygen atoms in total. The van der Waals surface area contributed by atoms with Gasteiger partial charge in [-0.15, -0.1) is 0 Å². The van der Waals surface area contributed by atoms with Gasteiger partial charge < -0.3 is 5.32 Å². The number of nitrogens with zero attached hydrogens (tertiary/aromatic N) is 2. The summed E-state index contributed by atoms with van der Waals surface area (Å²) < 4.78 is 3.23. The predicted molar refractivity (Wildman–Crippen MR) is 83.8 cm³/mol. The summed E-state index contributed by atoms with van der Waals surface area (Å²) in [6.45, 7) is 7.20. The molecular formula is C14H18IN3. The van der Waals surface area contributed by atoms with Gasteiger partial charge in [0.05, 0.1) is 6.20 Å². The van der Waals surface area contributed by atoms with Crippen LogP contribution in [-0.4, -0.2) is 9.78 Å². The molecule has 1 aromatic carbocycles. The van der Waals surface area contributed by atoms with Crippen molar-refractivity contribution in [3.63, 3.8) is 0 Å². The number of rotatable bonds is 4. The van der Waals surface area contributed by atoms with Crippen LogP contribution in [0, 0.1) is 10.5 Å². The van der Waals surface area contributed by atoms with E-state index >= 15 is 0 Å². The van der Waals surface area contributed by atoms with E-state index in [4.69, 9.17) is 0 Å². The van der Waals surface area contributed by atoms with Crippen LogP contribution in [0.25, 0.3) is 0 Å². The summed E-state index contributed by atoms with van der Waals surface area (Å²) in [5, 5.41) is 7.81. The quantitative estimate of drug-likeness (QED) is 0.841. The minimum Gasteiger partial charge on any atom is -0.381 e. The standard InChI is InChI=1S/C14H18IN3/c1-10(2)18-9-12(8-17-18)7-16-14-6-13(15)5-4-11(14)3/h4-6,8-10,16H,7H2,1-3H3. The lowest BCUT2D eigenvalue weighted by Gasteiger charge is -2.09. The van der Waals surface area contributed by atoms with Crippen molar-refractivity contribution in [2.75, 3.05) is 5.32 Å². The molecule has 0 aliphatic carbocycles. The zero-order valence-electron chi connectivity index (χ0n) is 10.9. The highest BCUT2D eigenvalue weighted by molar-refractivity contribution is 14.1. The Kier molecular flexibility index (Phi) is 4.27. The van der Waals surface area contributed by atoms with Crippen LogP contribution in [0.15, 0.2) is 30.6 Å². The van der Waals surface area contributed by atoms with E-state index in [1.807, 2.05) is 10.9 Å². The maximum Gasteiger partial charge on any atom is 0.0539 e. The lowest BCUT2D eigenvalue weighted by atomic mass is 10.2. The molecule has 0 saturated carbocycles. The highest BCUT2D eigenvalue weighted by Gasteiger charge is 2.03. The zero-order chi connectivity index (χ0) is 13.1. The number of nitrogens with one attached hydrogen (secondary N) is 1. The second kappa shape index (κ2) is 5.73. The third-order valence-corrected chi connectivity index (χ3v) is 3.54. The van der Waals surface area contributed by atoms with E-state index in [1.165, 1.54) is 20.4 Å². The van der Waals surface area contributed by atoms with Gasteiger partial charge in [-0.2, -0.15) is 5.10 Å². The van der Waals surface area contributed by atoms with Gasteiger partial charge in [0.1, 0.15) is 0 Å². The van der Waals surface area contributed by atoms with E-state index in [1.54, 1.807) is 0 Å². The summed E-state index contributed by atoms with van der Waals surface area (Å²) in [6.07, 6.45) is 4.02. The second-order valence-corrected chi connectivity index (χ2v) is 5.98. The fourth-order valence-electron chi connectivity index (χ4n) is 1.73. The van der Waals surface area contributed by atoms with E-state index in [9.17, 15) is 0 Å². The van der Waals surface area contributed by atoms with Crippen molar-refractivity contribution >= 4 is 28.3 Å². The molecule has 0 fully saturated rings. The minimum absolute atomic E-state index is 0.415. The monoisotopic (exact) mass is 355 g/mol. The zero-order valence-corrected chi connectivity index (χ0v) is 13.1. The number of hydrogen-bond acceptors (Lipinski definition) is 2. The predicted octanol–water partition coefficient (Wildman–Crippen LogP) is 3.99. The molecule has 1 N–H and O–H groups in total. The molecule has 1 aromatic heterocycles. The Bertz CT molecular complexity index is 532. The smallest absolute Gasteiger partial charge is 0.0539 e. The van der Waals surface area contributed by atoms with Crippen molar-refractivity contribution in [2.24, 2.45) is 0 Å². The number of hydrogen-bond donors (Lipinski definition) is 1. The van der Waals surface area contributed by atoms with Gasteiger partial charge >= 0.3 is 0 Å². The van der Waals surface area contributed by atoms with Gasteiger partial charge in [-0.1, -0.05) is 6.07 Å². The summed E-state index contributed by atoms with van der Waals surface area (Å²) >= 11 is 2.33. The van der Waals surface area contributed by atoms with Crippen LogP contribution in [0.2, 0.25) is 0 Å². The van der Waals surface area contributed by atoms with Crippen molar-refractivity contribution in [2.45, 2.75) is 33.4 Å². The first kappa shape index (κ1) is 13.4. The van der Waals surface area contributed by atoms with Crippen LogP contribution >= 0.6 is 22.6 Å². The van der Waals surface area contributed by atoms with Gasteiger partial charge in [-0.05, 0) is 61.1 Å². The Morgan fingerprint density at radius 2 is 2.17 bits per heavy atom. The SMILES string of the molecule is Cc1ccc(I)cc1NCc1cnn(C(C)C)c1. The molecule has 0 spiro atoms.